The minimum absolute atomic E-state index is 0.266. The quantitative estimate of drug-likeness (QED) is 0.718. The Labute approximate surface area is 86.5 Å². The first-order valence-corrected chi connectivity index (χ1v) is 5.86. The second kappa shape index (κ2) is 3.56. The van der Waals surface area contributed by atoms with E-state index in [1.54, 1.807) is 7.05 Å². The normalized spacial score (nSPS) is 46.4. The van der Waals surface area contributed by atoms with Gasteiger partial charge in [0.15, 0.2) is 0 Å². The molecule has 0 spiro atoms. The number of hydrogen-bond donors (Lipinski definition) is 1. The topological polar surface area (TPSA) is 29.1 Å². The summed E-state index contributed by atoms with van der Waals surface area (Å²) < 4.78 is 0. The van der Waals surface area contributed by atoms with Crippen molar-refractivity contribution in [1.29, 1.82) is 0 Å². The standard InChI is InChI=1S/C12H21NO/c1-7-4-5-9(8(7)2)10-6-11(10)12(14)13-3/h7-11H,4-6H2,1-3H3,(H,13,14)/t7-,8-,9+,10?,11?/m1/s1. The largest absolute Gasteiger partial charge is 0.359 e. The minimum atomic E-state index is 0.266. The zero-order valence-corrected chi connectivity index (χ0v) is 9.42. The van der Waals surface area contributed by atoms with Crippen molar-refractivity contribution in [2.75, 3.05) is 7.05 Å². The van der Waals surface area contributed by atoms with Crippen LogP contribution in [-0.2, 0) is 4.79 Å². The van der Waals surface area contributed by atoms with Crippen molar-refractivity contribution in [3.63, 3.8) is 0 Å². The van der Waals surface area contributed by atoms with Gasteiger partial charge in [0.1, 0.15) is 0 Å². The highest BCUT2D eigenvalue weighted by Gasteiger charge is 2.50. The van der Waals surface area contributed by atoms with Crippen molar-refractivity contribution in [1.82, 2.24) is 5.32 Å². The van der Waals surface area contributed by atoms with Gasteiger partial charge in [-0.15, -0.1) is 0 Å². The zero-order valence-electron chi connectivity index (χ0n) is 9.42. The molecule has 80 valence electrons. The van der Waals surface area contributed by atoms with Gasteiger partial charge in [-0.3, -0.25) is 4.79 Å². The molecule has 0 aromatic rings. The first-order chi connectivity index (χ1) is 6.65. The molecule has 2 saturated carbocycles. The number of hydrogen-bond acceptors (Lipinski definition) is 1. The molecular formula is C12H21NO. The fourth-order valence-corrected chi connectivity index (χ4v) is 3.18. The van der Waals surface area contributed by atoms with E-state index in [2.05, 4.69) is 19.2 Å². The third-order valence-electron chi connectivity index (χ3n) is 4.50. The molecule has 2 aliphatic rings. The monoisotopic (exact) mass is 195 g/mol. The molecule has 0 radical (unpaired) electrons. The van der Waals surface area contributed by atoms with Crippen LogP contribution in [0, 0.1) is 29.6 Å². The maximum atomic E-state index is 11.4. The van der Waals surface area contributed by atoms with E-state index in [4.69, 9.17) is 0 Å². The van der Waals surface area contributed by atoms with Crippen LogP contribution >= 0.6 is 0 Å². The van der Waals surface area contributed by atoms with Gasteiger partial charge in [-0.1, -0.05) is 20.3 Å². The summed E-state index contributed by atoms with van der Waals surface area (Å²) in [5, 5.41) is 2.77. The molecule has 2 fully saturated rings. The summed E-state index contributed by atoms with van der Waals surface area (Å²) in [5.74, 6) is 3.84. The van der Waals surface area contributed by atoms with Gasteiger partial charge < -0.3 is 5.32 Å². The summed E-state index contributed by atoms with van der Waals surface area (Å²) >= 11 is 0. The van der Waals surface area contributed by atoms with Crippen LogP contribution in [0.4, 0.5) is 0 Å². The van der Waals surface area contributed by atoms with E-state index in [0.717, 1.165) is 24.2 Å². The summed E-state index contributed by atoms with van der Waals surface area (Å²) in [4.78, 5) is 11.4. The van der Waals surface area contributed by atoms with Crippen LogP contribution in [-0.4, -0.2) is 13.0 Å². The Hall–Kier alpha value is -0.530. The first kappa shape index (κ1) is 10.0. The summed E-state index contributed by atoms with van der Waals surface area (Å²) in [6, 6.07) is 0. The molecule has 5 atom stereocenters. The highest BCUT2D eigenvalue weighted by Crippen LogP contribution is 2.53. The van der Waals surface area contributed by atoms with E-state index in [9.17, 15) is 4.79 Å². The van der Waals surface area contributed by atoms with Gasteiger partial charge in [-0.05, 0) is 36.5 Å². The molecule has 0 aromatic heterocycles. The van der Waals surface area contributed by atoms with Crippen LogP contribution in [0.15, 0.2) is 0 Å². The number of rotatable bonds is 2. The van der Waals surface area contributed by atoms with Crippen molar-refractivity contribution in [2.24, 2.45) is 29.6 Å². The lowest BCUT2D eigenvalue weighted by Crippen LogP contribution is -2.22. The Morgan fingerprint density at radius 2 is 1.93 bits per heavy atom. The van der Waals surface area contributed by atoms with Gasteiger partial charge >= 0.3 is 0 Å². The predicted molar refractivity (Wildman–Crippen MR) is 56.7 cm³/mol. The molecule has 0 aromatic carbocycles. The molecule has 0 heterocycles. The molecule has 1 N–H and O–H groups in total. The summed E-state index contributed by atoms with van der Waals surface area (Å²) in [5.41, 5.74) is 0. The van der Waals surface area contributed by atoms with Crippen LogP contribution in [0.3, 0.4) is 0 Å². The Kier molecular flexibility index (Phi) is 2.54. The lowest BCUT2D eigenvalue weighted by molar-refractivity contribution is -0.122. The fourth-order valence-electron chi connectivity index (χ4n) is 3.18. The number of carbonyl (C=O) groups is 1. The van der Waals surface area contributed by atoms with Gasteiger partial charge in [-0.2, -0.15) is 0 Å². The predicted octanol–water partition coefficient (Wildman–Crippen LogP) is 2.05. The van der Waals surface area contributed by atoms with Crippen LogP contribution < -0.4 is 5.32 Å². The maximum Gasteiger partial charge on any atom is 0.223 e. The van der Waals surface area contributed by atoms with Gasteiger partial charge in [0, 0.05) is 13.0 Å². The lowest BCUT2D eigenvalue weighted by atomic mass is 9.88. The van der Waals surface area contributed by atoms with E-state index >= 15 is 0 Å². The smallest absolute Gasteiger partial charge is 0.223 e. The van der Waals surface area contributed by atoms with Crippen molar-refractivity contribution in [3.8, 4) is 0 Å². The molecule has 0 bridgehead atoms. The lowest BCUT2D eigenvalue weighted by Gasteiger charge is -2.17. The molecule has 2 unspecified atom stereocenters. The molecular weight excluding hydrogens is 174 g/mol. The Bertz CT molecular complexity index is 238. The molecule has 2 aliphatic carbocycles. The van der Waals surface area contributed by atoms with Crippen LogP contribution in [0.25, 0.3) is 0 Å². The number of nitrogens with one attached hydrogen (secondary N) is 1. The fraction of sp³-hybridized carbons (Fsp3) is 0.917. The average Bonchev–Trinajstić information content (AvgIpc) is 2.90. The molecule has 0 aliphatic heterocycles. The maximum absolute atomic E-state index is 11.4. The van der Waals surface area contributed by atoms with E-state index < -0.39 is 0 Å². The minimum Gasteiger partial charge on any atom is -0.359 e. The second-order valence-corrected chi connectivity index (χ2v) is 5.20. The van der Waals surface area contributed by atoms with Gasteiger partial charge in [0.25, 0.3) is 0 Å². The van der Waals surface area contributed by atoms with E-state index in [1.165, 1.54) is 12.8 Å². The molecule has 2 rings (SSSR count). The van der Waals surface area contributed by atoms with Gasteiger partial charge in [0.2, 0.25) is 5.91 Å². The van der Waals surface area contributed by atoms with Crippen molar-refractivity contribution in [3.05, 3.63) is 0 Å². The number of carbonyl (C=O) groups excluding carboxylic acids is 1. The summed E-state index contributed by atoms with van der Waals surface area (Å²) in [7, 11) is 1.75. The van der Waals surface area contributed by atoms with E-state index in [-0.39, 0.29) is 5.91 Å². The van der Waals surface area contributed by atoms with Crippen molar-refractivity contribution < 1.29 is 4.79 Å². The molecule has 2 nitrogen and oxygen atoms in total. The van der Waals surface area contributed by atoms with Gasteiger partial charge in [0.05, 0.1) is 0 Å². The second-order valence-electron chi connectivity index (χ2n) is 5.20. The third-order valence-corrected chi connectivity index (χ3v) is 4.50. The molecule has 0 saturated heterocycles. The van der Waals surface area contributed by atoms with E-state index in [1.807, 2.05) is 0 Å². The molecule has 14 heavy (non-hydrogen) atoms. The molecule has 2 heteroatoms. The Morgan fingerprint density at radius 1 is 1.21 bits per heavy atom. The molecule has 1 amide bonds. The first-order valence-electron chi connectivity index (χ1n) is 5.86. The van der Waals surface area contributed by atoms with Crippen LogP contribution in [0.2, 0.25) is 0 Å². The van der Waals surface area contributed by atoms with Crippen LogP contribution in [0.1, 0.15) is 33.1 Å². The third kappa shape index (κ3) is 1.55. The Balaban J connectivity index is 1.91. The zero-order chi connectivity index (χ0) is 10.3. The van der Waals surface area contributed by atoms with Gasteiger partial charge in [-0.25, -0.2) is 0 Å². The SMILES string of the molecule is CNC(=O)C1CC1[C@H]1CC[C@@H](C)[C@H]1C. The summed E-state index contributed by atoms with van der Waals surface area (Å²) in [6.45, 7) is 4.71. The van der Waals surface area contributed by atoms with E-state index in [0.29, 0.717) is 11.8 Å². The van der Waals surface area contributed by atoms with Crippen molar-refractivity contribution >= 4 is 5.91 Å². The van der Waals surface area contributed by atoms with Crippen LogP contribution in [0.5, 0.6) is 0 Å². The van der Waals surface area contributed by atoms with Crippen molar-refractivity contribution in [2.45, 2.75) is 33.1 Å². The highest BCUT2D eigenvalue weighted by molar-refractivity contribution is 5.81. The Morgan fingerprint density at radius 3 is 2.43 bits per heavy atom. The summed E-state index contributed by atoms with van der Waals surface area (Å²) in [6.07, 6.45) is 3.85. The number of amides is 1. The average molecular weight is 195 g/mol. The highest BCUT2D eigenvalue weighted by atomic mass is 16.1.